The number of hydrogen-bond acceptors (Lipinski definition) is 3. The van der Waals surface area contributed by atoms with Crippen LogP contribution in [0.2, 0.25) is 0 Å². The van der Waals surface area contributed by atoms with Crippen LogP contribution in [0.15, 0.2) is 523 Å². The van der Waals surface area contributed by atoms with Crippen LogP contribution >= 0.6 is 0 Å². The van der Waals surface area contributed by atoms with Crippen molar-refractivity contribution in [3.05, 3.63) is 510 Å². The third-order valence-corrected chi connectivity index (χ3v) is 31.9. The first-order chi connectivity index (χ1) is 73.0. The fourth-order valence-electron chi connectivity index (χ4n) is 25.5. The Morgan fingerprint density at radius 1 is 0.0884 bits per heavy atom. The van der Waals surface area contributed by atoms with Gasteiger partial charge in [0, 0.05) is 49.0 Å². The zero-order chi connectivity index (χ0) is 96.2. The molecule has 147 heavy (non-hydrogen) atoms. The maximum atomic E-state index is 6.65. The molecule has 0 saturated carbocycles. The summed E-state index contributed by atoms with van der Waals surface area (Å²) in [4.78, 5) is 0. The summed E-state index contributed by atoms with van der Waals surface area (Å²) in [5.41, 5.74) is 42.0. The second kappa shape index (κ2) is 32.6. The number of fused-ring (bicyclic) bond motifs is 51. The monoisotopic (exact) mass is 1860 g/mol. The molecule has 3 aliphatic rings. The summed E-state index contributed by atoms with van der Waals surface area (Å²) in [6.45, 7) is 0. The summed E-state index contributed by atoms with van der Waals surface area (Å²) in [6.07, 6.45) is 0. The van der Waals surface area contributed by atoms with Crippen LogP contribution in [0, 0.1) is 0 Å². The Kier molecular flexibility index (Phi) is 18.3. The standard InChI is InChI=1S/3C48H28O/c1-5-16-35-31(12-1)32-13-2-8-19-38(32)45-27-43-36-17-6-3-14-33(36)34-15-4-7-18-37(34)44(43)28-46(45)39-25-24-29(26-42(35)39)30-21-11-22-41-40-20-9-10-23-47(40)49-48(30)41;1-4-17-33-29(13-1)30-14-2-5-18-34(30)43-28-45-39-23-11-22-38(41-25-12-24-40-36-20-9-10-26-46(36)49-48(40)41)47(39)37-21-8-7-16-32(37)31-15-3-6-19-35(31)44(45)27-42(33)43;1-4-16-32-29(13-1)30-14-2-5-17-33(30)43-28-45-35-19-7-8-21-37(35)47-38(31-15-3-6-18-34(31)44(45)27-42(32)43)22-11-23-39(47)41-25-12-24-40-36-20-9-10-26-46(36)49-48(40)41/h3*1-28H. The smallest absolute Gasteiger partial charge is 0.143 e. The molecule has 3 aliphatic carbocycles. The number of benzene rings is 27. The van der Waals surface area contributed by atoms with Crippen molar-refractivity contribution >= 4 is 163 Å². The summed E-state index contributed by atoms with van der Waals surface area (Å²) >= 11 is 0. The van der Waals surface area contributed by atoms with Crippen LogP contribution < -0.4 is 0 Å². The van der Waals surface area contributed by atoms with Gasteiger partial charge < -0.3 is 13.3 Å². The Hall–Kier alpha value is -19.3. The maximum absolute atomic E-state index is 6.65. The van der Waals surface area contributed by atoms with E-state index in [1.54, 1.807) is 0 Å². The van der Waals surface area contributed by atoms with Crippen molar-refractivity contribution < 1.29 is 13.3 Å². The quantitative estimate of drug-likeness (QED) is 0.166. The van der Waals surface area contributed by atoms with E-state index < -0.39 is 0 Å². The van der Waals surface area contributed by atoms with E-state index in [-0.39, 0.29) is 0 Å². The van der Waals surface area contributed by atoms with Gasteiger partial charge in [-0.25, -0.2) is 0 Å². The highest BCUT2D eigenvalue weighted by Gasteiger charge is 2.33. The van der Waals surface area contributed by atoms with Gasteiger partial charge in [0.15, 0.2) is 0 Å². The van der Waals surface area contributed by atoms with Gasteiger partial charge in [-0.3, -0.25) is 0 Å². The molecule has 0 aliphatic heterocycles. The molecule has 3 heteroatoms. The van der Waals surface area contributed by atoms with Gasteiger partial charge in [-0.05, 0) is 308 Å². The molecule has 0 bridgehead atoms. The number of hydrogen-bond donors (Lipinski definition) is 0. The zero-order valence-corrected chi connectivity index (χ0v) is 79.7. The molecule has 30 aromatic rings. The molecular weight excluding hydrogens is 1780 g/mol. The van der Waals surface area contributed by atoms with Crippen LogP contribution in [-0.4, -0.2) is 0 Å². The van der Waals surface area contributed by atoms with Gasteiger partial charge in [-0.15, -0.1) is 0 Å². The average molecular weight is 1860 g/mol. The Bertz CT molecular complexity index is 10900. The summed E-state index contributed by atoms with van der Waals surface area (Å²) < 4.78 is 19.8. The lowest BCUT2D eigenvalue weighted by molar-refractivity contribution is 0.669. The summed E-state index contributed by atoms with van der Waals surface area (Å²) in [5, 5.41) is 30.0. The molecule has 0 N–H and O–H groups in total. The maximum Gasteiger partial charge on any atom is 0.143 e. The molecule has 0 amide bonds. The predicted octanol–water partition coefficient (Wildman–Crippen LogP) is 41.1. The van der Waals surface area contributed by atoms with Crippen molar-refractivity contribution in [2.45, 2.75) is 0 Å². The first-order valence-corrected chi connectivity index (χ1v) is 50.8. The SMILES string of the molecule is c1ccc2c(c1)-c1cc3c4ccccc4c4ccccc4c3cc1-c1cccc(-c3cccc4c3oc3ccccc34)c1-c1ccccc1-2.c1ccc2c(c1)-c1cc3c4ccccc4c4ccccc4c3cc1-c1ccccc1-c1c-2cccc1-c1cccc2c1oc1ccccc12.c1ccc2c(c1)-c1ccccc1-c1cc3c4ccccc4c4ccccc4c3cc1-c1ccc(-c3cccc4c3oc3ccccc34)cc1-2. The van der Waals surface area contributed by atoms with E-state index in [1.165, 1.54) is 242 Å². The first-order valence-electron chi connectivity index (χ1n) is 50.8. The highest BCUT2D eigenvalue weighted by Crippen LogP contribution is 2.59. The van der Waals surface area contributed by atoms with Crippen molar-refractivity contribution in [2.75, 3.05) is 0 Å². The van der Waals surface area contributed by atoms with Crippen LogP contribution in [0.25, 0.3) is 330 Å². The minimum atomic E-state index is 0.911. The van der Waals surface area contributed by atoms with Crippen molar-refractivity contribution in [1.82, 2.24) is 0 Å². The summed E-state index contributed by atoms with van der Waals surface area (Å²) in [7, 11) is 0. The van der Waals surface area contributed by atoms with E-state index in [2.05, 4.69) is 491 Å². The minimum Gasteiger partial charge on any atom is -0.455 e. The molecule has 0 atom stereocenters. The molecule has 3 nitrogen and oxygen atoms in total. The highest BCUT2D eigenvalue weighted by atomic mass is 16.3. The van der Waals surface area contributed by atoms with E-state index in [0.717, 1.165) is 88.1 Å². The molecule has 27 aromatic carbocycles. The predicted molar refractivity (Wildman–Crippen MR) is 621 cm³/mol. The lowest BCUT2D eigenvalue weighted by atomic mass is 9.77. The van der Waals surface area contributed by atoms with Gasteiger partial charge in [0.1, 0.15) is 33.5 Å². The molecule has 0 spiro atoms. The number of rotatable bonds is 3. The van der Waals surface area contributed by atoms with Crippen molar-refractivity contribution in [1.29, 1.82) is 0 Å². The third-order valence-electron chi connectivity index (χ3n) is 31.9. The van der Waals surface area contributed by atoms with E-state index in [9.17, 15) is 0 Å². The largest absolute Gasteiger partial charge is 0.455 e. The van der Waals surface area contributed by atoms with Crippen LogP contribution in [0.1, 0.15) is 0 Å². The third kappa shape index (κ3) is 12.5. The van der Waals surface area contributed by atoms with Crippen molar-refractivity contribution in [3.8, 4) is 167 Å². The van der Waals surface area contributed by atoms with Crippen LogP contribution in [0.4, 0.5) is 0 Å². The van der Waals surface area contributed by atoms with Gasteiger partial charge in [-0.2, -0.15) is 0 Å². The molecule has 0 radical (unpaired) electrons. The molecule has 3 heterocycles. The van der Waals surface area contributed by atoms with E-state index in [0.29, 0.717) is 0 Å². The van der Waals surface area contributed by atoms with E-state index >= 15 is 0 Å². The normalized spacial score (nSPS) is 12.1. The highest BCUT2D eigenvalue weighted by molar-refractivity contribution is 6.32. The van der Waals surface area contributed by atoms with Crippen LogP contribution in [0.5, 0.6) is 0 Å². The Balaban J connectivity index is 0.0000000999. The Morgan fingerprint density at radius 2 is 0.252 bits per heavy atom. The number of para-hydroxylation sites is 6. The fraction of sp³-hybridized carbons (Fsp3) is 0. The molecule has 0 fully saturated rings. The topological polar surface area (TPSA) is 39.4 Å². The van der Waals surface area contributed by atoms with Gasteiger partial charge in [-0.1, -0.05) is 449 Å². The zero-order valence-electron chi connectivity index (χ0n) is 79.7. The second-order valence-electron chi connectivity index (χ2n) is 39.4. The van der Waals surface area contributed by atoms with Gasteiger partial charge >= 0.3 is 0 Å². The first kappa shape index (κ1) is 82.4. The minimum absolute atomic E-state index is 0.911. The lowest BCUT2D eigenvalue weighted by Crippen LogP contribution is -1.99. The van der Waals surface area contributed by atoms with Gasteiger partial charge in [0.25, 0.3) is 0 Å². The fourth-order valence-corrected chi connectivity index (χ4v) is 25.5. The second-order valence-corrected chi connectivity index (χ2v) is 39.4. The van der Waals surface area contributed by atoms with Crippen LogP contribution in [-0.2, 0) is 0 Å². The lowest BCUT2D eigenvalue weighted by Gasteiger charge is -2.26. The Labute approximate surface area is 846 Å². The van der Waals surface area contributed by atoms with Gasteiger partial charge in [0.2, 0.25) is 0 Å². The van der Waals surface area contributed by atoms with Crippen molar-refractivity contribution in [2.24, 2.45) is 0 Å². The average Bonchev–Trinajstić information content (AvgIpc) is 1.71. The van der Waals surface area contributed by atoms with E-state index in [4.69, 9.17) is 13.3 Å². The molecule has 33 rings (SSSR count). The Morgan fingerprint density at radius 3 is 0.551 bits per heavy atom. The summed E-state index contributed by atoms with van der Waals surface area (Å²) in [6, 6.07) is 187. The molecule has 678 valence electrons. The van der Waals surface area contributed by atoms with E-state index in [1.807, 2.05) is 18.2 Å². The molecule has 3 aromatic heterocycles. The van der Waals surface area contributed by atoms with Gasteiger partial charge in [0.05, 0.1) is 0 Å². The summed E-state index contributed by atoms with van der Waals surface area (Å²) in [5.74, 6) is 0. The molecule has 0 unspecified atom stereocenters. The van der Waals surface area contributed by atoms with Crippen LogP contribution in [0.3, 0.4) is 0 Å². The molecule has 0 saturated heterocycles. The van der Waals surface area contributed by atoms with Crippen molar-refractivity contribution in [3.63, 3.8) is 0 Å². The number of furan rings is 3. The molecular formula is C144H84O3.